The van der Waals surface area contributed by atoms with Crippen LogP contribution in [0.5, 0.6) is 11.5 Å². The van der Waals surface area contributed by atoms with Crippen molar-refractivity contribution < 1.29 is 14.3 Å². The molecule has 4 nitrogen and oxygen atoms in total. The number of amides is 1. The highest BCUT2D eigenvalue weighted by Gasteiger charge is 2.19. The number of hydrogen-bond acceptors (Lipinski definition) is 3. The molecule has 6 heteroatoms. The van der Waals surface area contributed by atoms with Crippen LogP contribution in [0.3, 0.4) is 0 Å². The van der Waals surface area contributed by atoms with Crippen LogP contribution >= 0.6 is 23.2 Å². The number of nitrogens with one attached hydrogen (secondary N) is 1. The summed E-state index contributed by atoms with van der Waals surface area (Å²) in [6.45, 7) is 0.911. The van der Waals surface area contributed by atoms with Crippen LogP contribution in [0, 0.1) is 0 Å². The average Bonchev–Trinajstić information content (AvgIpc) is 2.49. The number of ether oxygens (including phenoxy) is 2. The summed E-state index contributed by atoms with van der Waals surface area (Å²) in [5.74, 6) is 0.695. The van der Waals surface area contributed by atoms with Crippen LogP contribution in [-0.2, 0) is 0 Å². The summed E-state index contributed by atoms with van der Waals surface area (Å²) in [4.78, 5) is 12.3. The molecule has 2 aromatic carbocycles. The summed E-state index contributed by atoms with van der Waals surface area (Å²) < 4.78 is 10.9. The fourth-order valence-corrected chi connectivity index (χ4v) is 2.41. The van der Waals surface area contributed by atoms with Gasteiger partial charge in [-0.1, -0.05) is 35.3 Å². The van der Waals surface area contributed by atoms with Crippen LogP contribution in [0.25, 0.3) is 0 Å². The predicted octanol–water partition coefficient (Wildman–Crippen LogP) is 4.02. The van der Waals surface area contributed by atoms with E-state index in [1.165, 1.54) is 0 Å². The highest BCUT2D eigenvalue weighted by atomic mass is 35.5. The maximum Gasteiger partial charge on any atom is 0.257 e. The van der Waals surface area contributed by atoms with Gasteiger partial charge in [0.2, 0.25) is 0 Å². The number of rotatable bonds is 2. The first-order valence-corrected chi connectivity index (χ1v) is 7.06. The second-order valence-corrected chi connectivity index (χ2v) is 5.22. The van der Waals surface area contributed by atoms with Crippen molar-refractivity contribution in [2.24, 2.45) is 0 Å². The maximum absolute atomic E-state index is 12.3. The fourth-order valence-electron chi connectivity index (χ4n) is 1.99. The van der Waals surface area contributed by atoms with E-state index in [2.05, 4.69) is 5.32 Å². The molecule has 0 atom stereocenters. The predicted molar refractivity (Wildman–Crippen MR) is 81.8 cm³/mol. The van der Waals surface area contributed by atoms with Gasteiger partial charge in [-0.05, 0) is 18.2 Å². The molecule has 1 aliphatic rings. The van der Waals surface area contributed by atoms with Gasteiger partial charge in [-0.3, -0.25) is 4.79 Å². The first-order valence-electron chi connectivity index (χ1n) is 6.30. The third-order valence-corrected chi connectivity index (χ3v) is 3.64. The molecule has 0 fully saturated rings. The lowest BCUT2D eigenvalue weighted by molar-refractivity contribution is 0.102. The van der Waals surface area contributed by atoms with E-state index in [9.17, 15) is 4.79 Å². The molecule has 1 N–H and O–H groups in total. The zero-order valence-electron chi connectivity index (χ0n) is 10.9. The average molecular weight is 324 g/mol. The Bertz CT molecular complexity index is 703. The number of fused-ring (bicyclic) bond motifs is 1. The Morgan fingerprint density at radius 2 is 1.67 bits per heavy atom. The van der Waals surface area contributed by atoms with E-state index in [0.717, 1.165) is 0 Å². The van der Waals surface area contributed by atoms with Gasteiger partial charge in [0.25, 0.3) is 5.91 Å². The van der Waals surface area contributed by atoms with Crippen molar-refractivity contribution in [2.45, 2.75) is 0 Å². The Hall–Kier alpha value is -1.91. The zero-order chi connectivity index (χ0) is 14.8. The van der Waals surface area contributed by atoms with Crippen molar-refractivity contribution in [1.29, 1.82) is 0 Å². The highest BCUT2D eigenvalue weighted by molar-refractivity contribution is 6.36. The highest BCUT2D eigenvalue weighted by Crippen LogP contribution is 2.35. The van der Waals surface area contributed by atoms with E-state index in [0.29, 0.717) is 46.0 Å². The normalized spacial score (nSPS) is 12.9. The first kappa shape index (κ1) is 14.0. The molecule has 3 rings (SSSR count). The summed E-state index contributed by atoms with van der Waals surface area (Å²) in [7, 11) is 0. The molecule has 0 saturated carbocycles. The molecule has 0 saturated heterocycles. The van der Waals surface area contributed by atoms with E-state index >= 15 is 0 Å². The molecule has 108 valence electrons. The van der Waals surface area contributed by atoms with E-state index in [-0.39, 0.29) is 5.91 Å². The van der Waals surface area contributed by atoms with Crippen molar-refractivity contribution in [1.82, 2.24) is 0 Å². The van der Waals surface area contributed by atoms with Crippen molar-refractivity contribution >= 4 is 34.8 Å². The Balaban J connectivity index is 1.89. The monoisotopic (exact) mass is 323 g/mol. The minimum Gasteiger partial charge on any atom is -0.486 e. The van der Waals surface area contributed by atoms with E-state index in [4.69, 9.17) is 32.7 Å². The molecule has 0 unspecified atom stereocenters. The van der Waals surface area contributed by atoms with Gasteiger partial charge in [-0.25, -0.2) is 0 Å². The molecular weight excluding hydrogens is 313 g/mol. The fraction of sp³-hybridized carbons (Fsp3) is 0.133. The van der Waals surface area contributed by atoms with Gasteiger partial charge in [0.15, 0.2) is 11.5 Å². The SMILES string of the molecule is O=C(Nc1ccccc1Cl)c1cc2c(cc1Cl)OCCO2. The standard InChI is InChI=1S/C15H11Cl2NO3/c16-10-3-1-2-4-12(10)18-15(19)9-7-13-14(8-11(9)17)21-6-5-20-13/h1-4,7-8H,5-6H2,(H,18,19). The number of halogens is 2. The molecule has 0 aliphatic carbocycles. The Labute approximate surface area is 131 Å². The third kappa shape index (κ3) is 2.91. The van der Waals surface area contributed by atoms with Crippen molar-refractivity contribution in [3.8, 4) is 11.5 Å². The van der Waals surface area contributed by atoms with Gasteiger partial charge in [0.05, 0.1) is 21.3 Å². The molecule has 21 heavy (non-hydrogen) atoms. The Morgan fingerprint density at radius 1 is 1.00 bits per heavy atom. The summed E-state index contributed by atoms with van der Waals surface area (Å²) >= 11 is 12.2. The van der Waals surface area contributed by atoms with Crippen molar-refractivity contribution in [3.63, 3.8) is 0 Å². The van der Waals surface area contributed by atoms with Gasteiger partial charge in [0.1, 0.15) is 13.2 Å². The summed E-state index contributed by atoms with van der Waals surface area (Å²) in [6.07, 6.45) is 0. The Morgan fingerprint density at radius 3 is 2.38 bits per heavy atom. The minimum atomic E-state index is -0.356. The van der Waals surface area contributed by atoms with Crippen LogP contribution in [0.1, 0.15) is 10.4 Å². The quantitative estimate of drug-likeness (QED) is 0.908. The van der Waals surface area contributed by atoms with Crippen LogP contribution in [0.2, 0.25) is 10.0 Å². The van der Waals surface area contributed by atoms with Gasteiger partial charge in [-0.15, -0.1) is 0 Å². The molecular formula is C15H11Cl2NO3. The molecule has 0 aromatic heterocycles. The summed E-state index contributed by atoms with van der Waals surface area (Å²) in [6, 6.07) is 10.1. The van der Waals surface area contributed by atoms with Gasteiger partial charge >= 0.3 is 0 Å². The number of anilines is 1. The lowest BCUT2D eigenvalue weighted by atomic mass is 10.1. The van der Waals surface area contributed by atoms with E-state index < -0.39 is 0 Å². The number of benzene rings is 2. The molecule has 0 bridgehead atoms. The maximum atomic E-state index is 12.3. The largest absolute Gasteiger partial charge is 0.486 e. The summed E-state index contributed by atoms with van der Waals surface area (Å²) in [5.41, 5.74) is 0.830. The lowest BCUT2D eigenvalue weighted by Gasteiger charge is -2.19. The number of carbonyl (C=O) groups excluding carboxylic acids is 1. The number of para-hydroxylation sites is 1. The van der Waals surface area contributed by atoms with E-state index in [1.807, 2.05) is 0 Å². The van der Waals surface area contributed by atoms with Crippen LogP contribution < -0.4 is 14.8 Å². The third-order valence-electron chi connectivity index (χ3n) is 3.00. The van der Waals surface area contributed by atoms with Gasteiger partial charge < -0.3 is 14.8 Å². The Kier molecular flexibility index (Phi) is 3.90. The smallest absolute Gasteiger partial charge is 0.257 e. The molecule has 1 heterocycles. The molecule has 1 amide bonds. The van der Waals surface area contributed by atoms with Gasteiger partial charge in [-0.2, -0.15) is 0 Å². The van der Waals surface area contributed by atoms with Crippen molar-refractivity contribution in [2.75, 3.05) is 18.5 Å². The molecule has 0 spiro atoms. The molecule has 2 aromatic rings. The second-order valence-electron chi connectivity index (χ2n) is 4.41. The molecule has 0 radical (unpaired) electrons. The van der Waals surface area contributed by atoms with Crippen LogP contribution in [0.4, 0.5) is 5.69 Å². The number of carbonyl (C=O) groups is 1. The topological polar surface area (TPSA) is 47.6 Å². The number of hydrogen-bond donors (Lipinski definition) is 1. The summed E-state index contributed by atoms with van der Waals surface area (Å²) in [5, 5.41) is 3.48. The van der Waals surface area contributed by atoms with Gasteiger partial charge in [0, 0.05) is 6.07 Å². The first-order chi connectivity index (χ1) is 10.1. The zero-order valence-corrected chi connectivity index (χ0v) is 12.4. The van der Waals surface area contributed by atoms with Crippen LogP contribution in [-0.4, -0.2) is 19.1 Å². The van der Waals surface area contributed by atoms with Crippen LogP contribution in [0.15, 0.2) is 36.4 Å². The second kappa shape index (κ2) is 5.84. The minimum absolute atomic E-state index is 0.295. The van der Waals surface area contributed by atoms with E-state index in [1.54, 1.807) is 36.4 Å². The molecule has 1 aliphatic heterocycles. The lowest BCUT2D eigenvalue weighted by Crippen LogP contribution is -2.17. The van der Waals surface area contributed by atoms with Crippen molar-refractivity contribution in [3.05, 3.63) is 52.0 Å².